The van der Waals surface area contributed by atoms with Gasteiger partial charge in [0, 0.05) is 10.5 Å². The van der Waals surface area contributed by atoms with Crippen LogP contribution < -0.4 is 4.74 Å². The Balaban J connectivity index is 2.49. The average molecular weight is 352 g/mol. The van der Waals surface area contributed by atoms with Gasteiger partial charge in [-0.25, -0.2) is 4.79 Å². The zero-order valence-corrected chi connectivity index (χ0v) is 12.5. The van der Waals surface area contributed by atoms with Crippen LogP contribution in [0.4, 0.5) is 5.69 Å². The number of halogens is 1. The van der Waals surface area contributed by atoms with Crippen molar-refractivity contribution in [1.82, 2.24) is 0 Å². The maximum Gasteiger partial charge on any atom is 0.340 e. The molecule has 7 heteroatoms. The summed E-state index contributed by atoms with van der Waals surface area (Å²) in [6.07, 6.45) is 0. The molecule has 0 aliphatic rings. The normalized spacial score (nSPS) is 10.2. The van der Waals surface area contributed by atoms with Gasteiger partial charge >= 0.3 is 5.97 Å². The number of ether oxygens (including phenoxy) is 1. The van der Waals surface area contributed by atoms with E-state index in [-0.39, 0.29) is 22.7 Å². The van der Waals surface area contributed by atoms with Crippen molar-refractivity contribution >= 4 is 27.6 Å². The van der Waals surface area contributed by atoms with Crippen LogP contribution in [0.25, 0.3) is 0 Å². The minimum Gasteiger partial charge on any atom is -0.478 e. The van der Waals surface area contributed by atoms with Crippen molar-refractivity contribution in [1.29, 1.82) is 0 Å². The lowest BCUT2D eigenvalue weighted by Gasteiger charge is -2.11. The zero-order valence-electron chi connectivity index (χ0n) is 10.9. The maximum atomic E-state index is 11.3. The molecule has 0 fully saturated rings. The largest absolute Gasteiger partial charge is 0.478 e. The van der Waals surface area contributed by atoms with E-state index in [1.165, 1.54) is 18.2 Å². The van der Waals surface area contributed by atoms with Crippen LogP contribution in [0.15, 0.2) is 40.9 Å². The van der Waals surface area contributed by atoms with Crippen LogP contribution in [0.1, 0.15) is 15.9 Å². The van der Waals surface area contributed by atoms with Gasteiger partial charge in [-0.05, 0) is 41.1 Å². The molecule has 0 spiro atoms. The predicted molar refractivity (Wildman–Crippen MR) is 79.0 cm³/mol. The highest BCUT2D eigenvalue weighted by atomic mass is 79.9. The van der Waals surface area contributed by atoms with Gasteiger partial charge in [-0.2, -0.15) is 0 Å². The molecule has 2 aromatic carbocycles. The molecule has 0 aliphatic heterocycles. The van der Waals surface area contributed by atoms with E-state index in [0.717, 1.165) is 0 Å². The summed E-state index contributed by atoms with van der Waals surface area (Å²) in [5, 5.41) is 20.1. The number of carboxylic acid groups (broad SMARTS) is 1. The lowest BCUT2D eigenvalue weighted by atomic mass is 10.1. The quantitative estimate of drug-likeness (QED) is 0.659. The molecule has 2 rings (SSSR count). The van der Waals surface area contributed by atoms with Crippen LogP contribution in [0.3, 0.4) is 0 Å². The first-order chi connectivity index (χ1) is 9.91. The number of nitro groups is 1. The van der Waals surface area contributed by atoms with Crippen molar-refractivity contribution in [2.24, 2.45) is 0 Å². The van der Waals surface area contributed by atoms with Crippen LogP contribution in [0, 0.1) is 17.0 Å². The van der Waals surface area contributed by atoms with Crippen LogP contribution in [-0.2, 0) is 0 Å². The van der Waals surface area contributed by atoms with E-state index in [1.807, 2.05) is 0 Å². The summed E-state index contributed by atoms with van der Waals surface area (Å²) in [6.45, 7) is 1.55. The van der Waals surface area contributed by atoms with E-state index in [0.29, 0.717) is 10.0 Å². The molecule has 1 N–H and O–H groups in total. The second kappa shape index (κ2) is 5.92. The van der Waals surface area contributed by atoms with E-state index < -0.39 is 10.9 Å². The van der Waals surface area contributed by atoms with Gasteiger partial charge in [0.2, 0.25) is 0 Å². The molecule has 6 nitrogen and oxygen atoms in total. The number of nitro benzene ring substituents is 1. The molecule has 0 aliphatic carbocycles. The van der Waals surface area contributed by atoms with Crippen molar-refractivity contribution < 1.29 is 19.6 Å². The molecule has 108 valence electrons. The Morgan fingerprint density at radius 2 is 1.86 bits per heavy atom. The SMILES string of the molecule is Cc1c(Oc2cccc(Br)c2C(=O)O)cccc1[N+](=O)[O-]. The van der Waals surface area contributed by atoms with Gasteiger partial charge in [-0.1, -0.05) is 12.1 Å². The molecule has 0 radical (unpaired) electrons. The van der Waals surface area contributed by atoms with Crippen molar-refractivity contribution in [2.75, 3.05) is 0 Å². The fraction of sp³-hybridized carbons (Fsp3) is 0.0714. The Labute approximate surface area is 128 Å². The summed E-state index contributed by atoms with van der Waals surface area (Å²) in [5.41, 5.74) is 0.210. The lowest BCUT2D eigenvalue weighted by Crippen LogP contribution is -2.02. The Bertz CT molecular complexity index is 729. The highest BCUT2D eigenvalue weighted by molar-refractivity contribution is 9.10. The van der Waals surface area contributed by atoms with E-state index >= 15 is 0 Å². The first-order valence-electron chi connectivity index (χ1n) is 5.85. The maximum absolute atomic E-state index is 11.3. The number of carbonyl (C=O) groups is 1. The van der Waals surface area contributed by atoms with Crippen molar-refractivity contribution in [3.05, 3.63) is 62.1 Å². The molecule has 0 bridgehead atoms. The second-order valence-electron chi connectivity index (χ2n) is 4.18. The smallest absolute Gasteiger partial charge is 0.340 e. The molecular formula is C14H10BrNO5. The highest BCUT2D eigenvalue weighted by Gasteiger charge is 2.19. The number of aromatic carboxylic acids is 1. The number of benzene rings is 2. The molecule has 2 aromatic rings. The van der Waals surface area contributed by atoms with E-state index in [9.17, 15) is 20.0 Å². The summed E-state index contributed by atoms with van der Waals surface area (Å²) in [7, 11) is 0. The zero-order chi connectivity index (χ0) is 15.6. The molecule has 0 saturated carbocycles. The van der Waals surface area contributed by atoms with Crippen LogP contribution in [0.2, 0.25) is 0 Å². The van der Waals surface area contributed by atoms with E-state index in [1.54, 1.807) is 25.1 Å². The lowest BCUT2D eigenvalue weighted by molar-refractivity contribution is -0.385. The molecule has 0 amide bonds. The monoisotopic (exact) mass is 351 g/mol. The molecule has 0 heterocycles. The Morgan fingerprint density at radius 3 is 2.48 bits per heavy atom. The molecule has 21 heavy (non-hydrogen) atoms. The summed E-state index contributed by atoms with van der Waals surface area (Å²) >= 11 is 3.15. The summed E-state index contributed by atoms with van der Waals surface area (Å²) in [6, 6.07) is 9.09. The van der Waals surface area contributed by atoms with Gasteiger partial charge in [0.05, 0.1) is 10.5 Å². The van der Waals surface area contributed by atoms with Crippen LogP contribution >= 0.6 is 15.9 Å². The van der Waals surface area contributed by atoms with Crippen LogP contribution in [0.5, 0.6) is 11.5 Å². The molecule has 0 saturated heterocycles. The fourth-order valence-electron chi connectivity index (χ4n) is 1.83. The number of carboxylic acids is 1. The van der Waals surface area contributed by atoms with Gasteiger partial charge in [0.25, 0.3) is 5.69 Å². The summed E-state index contributed by atoms with van der Waals surface area (Å²) < 4.78 is 5.93. The number of nitrogens with zero attached hydrogens (tertiary/aromatic N) is 1. The van der Waals surface area contributed by atoms with E-state index in [2.05, 4.69) is 15.9 Å². The first kappa shape index (κ1) is 15.0. The number of hydrogen-bond donors (Lipinski definition) is 1. The van der Waals surface area contributed by atoms with Crippen molar-refractivity contribution in [2.45, 2.75) is 6.92 Å². The van der Waals surface area contributed by atoms with Gasteiger partial charge < -0.3 is 9.84 Å². The minimum absolute atomic E-state index is 0.0385. The van der Waals surface area contributed by atoms with Crippen LogP contribution in [-0.4, -0.2) is 16.0 Å². The minimum atomic E-state index is -1.15. The van der Waals surface area contributed by atoms with Gasteiger partial charge in [-0.3, -0.25) is 10.1 Å². The third kappa shape index (κ3) is 3.03. The molecule has 0 atom stereocenters. The third-order valence-electron chi connectivity index (χ3n) is 2.86. The second-order valence-corrected chi connectivity index (χ2v) is 5.03. The molecule has 0 unspecified atom stereocenters. The number of rotatable bonds is 4. The van der Waals surface area contributed by atoms with Gasteiger partial charge in [0.1, 0.15) is 17.1 Å². The highest BCUT2D eigenvalue weighted by Crippen LogP contribution is 2.34. The Kier molecular flexibility index (Phi) is 4.23. The summed E-state index contributed by atoms with van der Waals surface area (Å²) in [4.78, 5) is 21.7. The Hall–Kier alpha value is -2.41. The van der Waals surface area contributed by atoms with Crippen molar-refractivity contribution in [3.8, 4) is 11.5 Å². The van der Waals surface area contributed by atoms with Gasteiger partial charge in [-0.15, -0.1) is 0 Å². The third-order valence-corrected chi connectivity index (χ3v) is 3.52. The van der Waals surface area contributed by atoms with Gasteiger partial charge in [0.15, 0.2) is 0 Å². The van der Waals surface area contributed by atoms with E-state index in [4.69, 9.17) is 4.74 Å². The topological polar surface area (TPSA) is 89.7 Å². The molecular weight excluding hydrogens is 342 g/mol. The fourth-order valence-corrected chi connectivity index (χ4v) is 2.34. The molecule has 0 aromatic heterocycles. The van der Waals surface area contributed by atoms with Crippen molar-refractivity contribution in [3.63, 3.8) is 0 Å². The standard InChI is InChI=1S/C14H10BrNO5/c1-8-10(16(19)20)5-3-6-11(8)21-12-7-2-4-9(15)13(12)14(17)18/h2-7H,1H3,(H,17,18). The predicted octanol–water partition coefficient (Wildman–Crippen LogP) is 4.16. The first-order valence-corrected chi connectivity index (χ1v) is 6.64. The Morgan fingerprint density at radius 1 is 1.24 bits per heavy atom. The summed E-state index contributed by atoms with van der Waals surface area (Å²) in [5.74, 6) is -0.800. The number of hydrogen-bond acceptors (Lipinski definition) is 4. The average Bonchev–Trinajstić information content (AvgIpc) is 2.40.